The van der Waals surface area contributed by atoms with Gasteiger partial charge in [0.25, 0.3) is 0 Å². The Labute approximate surface area is 85.4 Å². The van der Waals surface area contributed by atoms with Gasteiger partial charge in [0, 0.05) is 18.0 Å². The predicted octanol–water partition coefficient (Wildman–Crippen LogP) is 1.74. The molecule has 0 aliphatic carbocycles. The lowest BCUT2D eigenvalue weighted by Crippen LogP contribution is -1.96. The molecule has 0 unspecified atom stereocenters. The number of rotatable bonds is 2. The van der Waals surface area contributed by atoms with Crippen LogP contribution >= 0.6 is 0 Å². The van der Waals surface area contributed by atoms with Gasteiger partial charge in [-0.2, -0.15) is 0 Å². The lowest BCUT2D eigenvalue weighted by atomic mass is 10.1. The minimum Gasteiger partial charge on any atom is -0.475 e. The summed E-state index contributed by atoms with van der Waals surface area (Å²) in [6, 6.07) is 1.69. The Morgan fingerprint density at radius 3 is 2.60 bits per heavy atom. The van der Waals surface area contributed by atoms with E-state index in [2.05, 4.69) is 9.97 Å². The fourth-order valence-corrected chi connectivity index (χ4v) is 1.29. The molecule has 0 aromatic carbocycles. The highest BCUT2D eigenvalue weighted by molar-refractivity contribution is 5.88. The van der Waals surface area contributed by atoms with Crippen LogP contribution < -0.4 is 0 Å². The molecule has 0 bridgehead atoms. The fraction of sp³-hybridized carbons (Fsp3) is 0.100. The molecule has 0 spiro atoms. The summed E-state index contributed by atoms with van der Waals surface area (Å²) < 4.78 is 4.93. The van der Waals surface area contributed by atoms with Crippen molar-refractivity contribution in [1.29, 1.82) is 0 Å². The largest absolute Gasteiger partial charge is 0.475 e. The molecule has 0 aliphatic heterocycles. The van der Waals surface area contributed by atoms with Crippen LogP contribution in [0.5, 0.6) is 0 Å². The second-order valence-corrected chi connectivity index (χ2v) is 2.98. The zero-order valence-electron chi connectivity index (χ0n) is 7.97. The zero-order valence-corrected chi connectivity index (χ0v) is 7.97. The predicted molar refractivity (Wildman–Crippen MR) is 51.4 cm³/mol. The third-order valence-corrected chi connectivity index (χ3v) is 2.04. The number of carboxylic acids is 1. The lowest BCUT2D eigenvalue weighted by molar-refractivity contribution is 0.0661. The first-order chi connectivity index (χ1) is 7.20. The van der Waals surface area contributed by atoms with Crippen molar-refractivity contribution in [2.45, 2.75) is 6.92 Å². The lowest BCUT2D eigenvalue weighted by Gasteiger charge is -1.95. The number of carbonyl (C=O) groups is 1. The van der Waals surface area contributed by atoms with E-state index < -0.39 is 5.97 Å². The average Bonchev–Trinajstić information content (AvgIpc) is 2.61. The van der Waals surface area contributed by atoms with Gasteiger partial charge in [0.2, 0.25) is 5.76 Å². The van der Waals surface area contributed by atoms with Crippen LogP contribution in [0, 0.1) is 6.92 Å². The maximum atomic E-state index is 10.7. The number of carboxylic acid groups (broad SMARTS) is 1. The number of furan rings is 1. The highest BCUT2D eigenvalue weighted by Gasteiger charge is 2.17. The molecule has 0 atom stereocenters. The molecule has 5 nitrogen and oxygen atoms in total. The molecule has 15 heavy (non-hydrogen) atoms. The number of nitrogens with zero attached hydrogens (tertiary/aromatic N) is 2. The summed E-state index contributed by atoms with van der Waals surface area (Å²) in [5, 5.41) is 8.79. The summed E-state index contributed by atoms with van der Waals surface area (Å²) >= 11 is 0. The first kappa shape index (κ1) is 9.39. The summed E-state index contributed by atoms with van der Waals surface area (Å²) in [5.41, 5.74) is 1.14. The van der Waals surface area contributed by atoms with E-state index in [1.807, 2.05) is 0 Å². The third-order valence-electron chi connectivity index (χ3n) is 2.04. The van der Waals surface area contributed by atoms with E-state index in [0.29, 0.717) is 17.0 Å². The second kappa shape index (κ2) is 3.53. The molecule has 76 valence electrons. The Bertz CT molecular complexity index is 491. The molecule has 0 saturated carbocycles. The van der Waals surface area contributed by atoms with Gasteiger partial charge >= 0.3 is 5.97 Å². The van der Waals surface area contributed by atoms with Crippen LogP contribution in [0.25, 0.3) is 11.4 Å². The van der Waals surface area contributed by atoms with Gasteiger partial charge in [0.1, 0.15) is 6.26 Å². The summed E-state index contributed by atoms with van der Waals surface area (Å²) in [6.07, 6.45) is 4.54. The monoisotopic (exact) mass is 204 g/mol. The Morgan fingerprint density at radius 2 is 2.07 bits per heavy atom. The molecule has 1 N–H and O–H groups in total. The minimum absolute atomic E-state index is 0.0718. The SMILES string of the molecule is Cc1c(-c2ncccn2)coc1C(=O)O. The standard InChI is InChI=1S/C10H8N2O3/c1-6-7(5-15-8(6)10(13)14)9-11-3-2-4-12-9/h2-5H,1H3,(H,13,14). The second-order valence-electron chi connectivity index (χ2n) is 2.98. The molecule has 0 saturated heterocycles. The molecule has 2 aromatic rings. The van der Waals surface area contributed by atoms with E-state index in [1.54, 1.807) is 25.4 Å². The maximum absolute atomic E-state index is 10.7. The normalized spacial score (nSPS) is 10.2. The van der Waals surface area contributed by atoms with Crippen LogP contribution in [-0.4, -0.2) is 21.0 Å². The summed E-state index contributed by atoms with van der Waals surface area (Å²) in [4.78, 5) is 18.8. The van der Waals surface area contributed by atoms with Gasteiger partial charge in [0.05, 0.1) is 5.56 Å². The molecule has 0 aliphatic rings. The Hall–Kier alpha value is -2.17. The van der Waals surface area contributed by atoms with Crippen molar-refractivity contribution in [3.8, 4) is 11.4 Å². The van der Waals surface area contributed by atoms with Crippen molar-refractivity contribution in [2.24, 2.45) is 0 Å². The molecule has 0 amide bonds. The molecule has 0 radical (unpaired) electrons. The minimum atomic E-state index is -1.09. The van der Waals surface area contributed by atoms with Crippen molar-refractivity contribution in [1.82, 2.24) is 9.97 Å². The van der Waals surface area contributed by atoms with Gasteiger partial charge in [-0.3, -0.25) is 0 Å². The number of hydrogen-bond donors (Lipinski definition) is 1. The quantitative estimate of drug-likeness (QED) is 0.806. The molecule has 0 fully saturated rings. The zero-order chi connectivity index (χ0) is 10.8. The summed E-state index contributed by atoms with van der Waals surface area (Å²) in [5.74, 6) is -0.696. The van der Waals surface area contributed by atoms with Gasteiger partial charge in [0.15, 0.2) is 5.82 Å². The Morgan fingerprint density at radius 1 is 1.40 bits per heavy atom. The van der Waals surface area contributed by atoms with Crippen molar-refractivity contribution in [3.05, 3.63) is 36.0 Å². The van der Waals surface area contributed by atoms with E-state index in [-0.39, 0.29) is 5.76 Å². The summed E-state index contributed by atoms with van der Waals surface area (Å²) in [7, 11) is 0. The number of aromatic nitrogens is 2. The van der Waals surface area contributed by atoms with Crippen molar-refractivity contribution < 1.29 is 14.3 Å². The van der Waals surface area contributed by atoms with Crippen molar-refractivity contribution in [3.63, 3.8) is 0 Å². The molecule has 2 rings (SSSR count). The smallest absolute Gasteiger partial charge is 0.372 e. The molecule has 5 heteroatoms. The number of hydrogen-bond acceptors (Lipinski definition) is 4. The van der Waals surface area contributed by atoms with Gasteiger partial charge in [-0.05, 0) is 13.0 Å². The van der Waals surface area contributed by atoms with Gasteiger partial charge in [-0.15, -0.1) is 0 Å². The van der Waals surface area contributed by atoms with E-state index in [1.165, 1.54) is 6.26 Å². The highest BCUT2D eigenvalue weighted by Crippen LogP contribution is 2.24. The van der Waals surface area contributed by atoms with Crippen molar-refractivity contribution >= 4 is 5.97 Å². The third kappa shape index (κ3) is 1.59. The van der Waals surface area contributed by atoms with Crippen LogP contribution in [-0.2, 0) is 0 Å². The molecule has 2 heterocycles. The molecule has 2 aromatic heterocycles. The average molecular weight is 204 g/mol. The van der Waals surface area contributed by atoms with Crippen molar-refractivity contribution in [2.75, 3.05) is 0 Å². The van der Waals surface area contributed by atoms with E-state index in [0.717, 1.165) is 0 Å². The highest BCUT2D eigenvalue weighted by atomic mass is 16.4. The van der Waals surface area contributed by atoms with Crippen LogP contribution in [0.1, 0.15) is 16.1 Å². The van der Waals surface area contributed by atoms with Crippen LogP contribution in [0.3, 0.4) is 0 Å². The van der Waals surface area contributed by atoms with Gasteiger partial charge in [-0.25, -0.2) is 14.8 Å². The maximum Gasteiger partial charge on any atom is 0.372 e. The van der Waals surface area contributed by atoms with E-state index in [4.69, 9.17) is 9.52 Å². The van der Waals surface area contributed by atoms with Gasteiger partial charge < -0.3 is 9.52 Å². The van der Waals surface area contributed by atoms with Crippen LogP contribution in [0.4, 0.5) is 0 Å². The first-order valence-electron chi connectivity index (χ1n) is 4.29. The Kier molecular flexibility index (Phi) is 2.21. The fourth-order valence-electron chi connectivity index (χ4n) is 1.29. The number of aromatic carboxylic acids is 1. The van der Waals surface area contributed by atoms with Crippen LogP contribution in [0.2, 0.25) is 0 Å². The Balaban J connectivity index is 2.52. The topological polar surface area (TPSA) is 76.2 Å². The van der Waals surface area contributed by atoms with E-state index in [9.17, 15) is 4.79 Å². The van der Waals surface area contributed by atoms with Gasteiger partial charge in [-0.1, -0.05) is 0 Å². The first-order valence-corrected chi connectivity index (χ1v) is 4.29. The van der Waals surface area contributed by atoms with Crippen LogP contribution in [0.15, 0.2) is 29.1 Å². The molecular weight excluding hydrogens is 196 g/mol. The molecular formula is C10H8N2O3. The van der Waals surface area contributed by atoms with E-state index >= 15 is 0 Å². The summed E-state index contributed by atoms with van der Waals surface area (Å²) in [6.45, 7) is 1.67.